The second kappa shape index (κ2) is 7.28. The van der Waals surface area contributed by atoms with Crippen molar-refractivity contribution in [2.75, 3.05) is 16.8 Å². The molecule has 0 radical (unpaired) electrons. The third-order valence-electron chi connectivity index (χ3n) is 4.44. The number of hydrogen-bond acceptors (Lipinski definition) is 5. The third kappa shape index (κ3) is 3.73. The fourth-order valence-electron chi connectivity index (χ4n) is 3.19. The molecule has 0 bridgehead atoms. The highest BCUT2D eigenvalue weighted by molar-refractivity contribution is 7.13. The Morgan fingerprint density at radius 2 is 2.19 bits per heavy atom. The predicted octanol–water partition coefficient (Wildman–Crippen LogP) is 3.30. The summed E-state index contributed by atoms with van der Waals surface area (Å²) in [5, 5.41) is 5.68. The number of nitrogens with zero attached hydrogens (tertiary/aromatic N) is 3. The zero-order valence-electron chi connectivity index (χ0n) is 14.8. The molecule has 1 aromatic carbocycles. The summed E-state index contributed by atoms with van der Waals surface area (Å²) in [6.45, 7) is 2.26. The molecule has 136 valence electrons. The SMILES string of the molecule is CC(=O)N1CCc2cc(NC(=O)Cc3csc(-c4cccnc4)n3)ccc21. The van der Waals surface area contributed by atoms with E-state index in [1.807, 2.05) is 35.7 Å². The maximum absolute atomic E-state index is 12.4. The Kier molecular flexibility index (Phi) is 4.68. The maximum atomic E-state index is 12.4. The van der Waals surface area contributed by atoms with E-state index in [4.69, 9.17) is 0 Å². The van der Waals surface area contributed by atoms with Gasteiger partial charge in [0.05, 0.1) is 12.1 Å². The van der Waals surface area contributed by atoms with E-state index in [0.29, 0.717) is 6.54 Å². The first-order chi connectivity index (χ1) is 13.1. The number of aromatic nitrogens is 2. The quantitative estimate of drug-likeness (QED) is 0.756. The summed E-state index contributed by atoms with van der Waals surface area (Å²) in [5.74, 6) is -0.0714. The lowest BCUT2D eigenvalue weighted by molar-refractivity contribution is -0.117. The summed E-state index contributed by atoms with van der Waals surface area (Å²) in [4.78, 5) is 34.4. The van der Waals surface area contributed by atoms with E-state index in [1.165, 1.54) is 11.3 Å². The number of carbonyl (C=O) groups is 2. The fraction of sp³-hybridized carbons (Fsp3) is 0.200. The Morgan fingerprint density at radius 1 is 1.30 bits per heavy atom. The second-order valence-corrected chi connectivity index (χ2v) is 7.23. The van der Waals surface area contributed by atoms with E-state index in [-0.39, 0.29) is 18.2 Å². The lowest BCUT2D eigenvalue weighted by atomic mass is 10.1. The molecule has 1 N–H and O–H groups in total. The lowest BCUT2D eigenvalue weighted by Gasteiger charge is -2.15. The van der Waals surface area contributed by atoms with Gasteiger partial charge in [0.25, 0.3) is 0 Å². The van der Waals surface area contributed by atoms with Crippen molar-refractivity contribution in [3.63, 3.8) is 0 Å². The van der Waals surface area contributed by atoms with Crippen LogP contribution < -0.4 is 10.2 Å². The second-order valence-electron chi connectivity index (χ2n) is 6.37. The van der Waals surface area contributed by atoms with Crippen LogP contribution in [0.3, 0.4) is 0 Å². The van der Waals surface area contributed by atoms with E-state index >= 15 is 0 Å². The number of fused-ring (bicyclic) bond motifs is 1. The largest absolute Gasteiger partial charge is 0.326 e. The Hall–Kier alpha value is -3.06. The highest BCUT2D eigenvalue weighted by Gasteiger charge is 2.22. The number of amides is 2. The van der Waals surface area contributed by atoms with Gasteiger partial charge >= 0.3 is 0 Å². The average Bonchev–Trinajstić information content (AvgIpc) is 3.29. The Labute approximate surface area is 160 Å². The molecule has 2 amide bonds. The summed E-state index contributed by atoms with van der Waals surface area (Å²) in [6, 6.07) is 9.48. The number of pyridine rings is 1. The molecule has 0 saturated heterocycles. The highest BCUT2D eigenvalue weighted by Crippen LogP contribution is 2.30. The smallest absolute Gasteiger partial charge is 0.230 e. The van der Waals surface area contributed by atoms with Gasteiger partial charge in [-0.3, -0.25) is 14.6 Å². The van der Waals surface area contributed by atoms with Gasteiger partial charge in [-0.05, 0) is 42.3 Å². The Balaban J connectivity index is 1.42. The fourth-order valence-corrected chi connectivity index (χ4v) is 4.00. The monoisotopic (exact) mass is 378 g/mol. The summed E-state index contributed by atoms with van der Waals surface area (Å²) in [6.07, 6.45) is 4.50. The van der Waals surface area contributed by atoms with Gasteiger partial charge in [0.1, 0.15) is 5.01 Å². The van der Waals surface area contributed by atoms with Crippen molar-refractivity contribution >= 4 is 34.5 Å². The summed E-state index contributed by atoms with van der Waals surface area (Å²) in [5.41, 5.74) is 4.44. The van der Waals surface area contributed by atoms with Crippen LogP contribution in [0, 0.1) is 0 Å². The number of anilines is 2. The lowest BCUT2D eigenvalue weighted by Crippen LogP contribution is -2.25. The number of hydrogen-bond donors (Lipinski definition) is 1. The first-order valence-corrected chi connectivity index (χ1v) is 9.54. The number of rotatable bonds is 4. The maximum Gasteiger partial charge on any atom is 0.230 e. The molecule has 0 spiro atoms. The van der Waals surface area contributed by atoms with Crippen LogP contribution in [-0.4, -0.2) is 28.3 Å². The molecule has 1 aliphatic heterocycles. The minimum Gasteiger partial charge on any atom is -0.326 e. The molecule has 0 fully saturated rings. The van der Waals surface area contributed by atoms with Crippen LogP contribution in [0.15, 0.2) is 48.1 Å². The van der Waals surface area contributed by atoms with Crippen LogP contribution >= 0.6 is 11.3 Å². The summed E-state index contributed by atoms with van der Waals surface area (Å²) >= 11 is 1.50. The molecule has 7 heteroatoms. The van der Waals surface area contributed by atoms with E-state index in [1.54, 1.807) is 24.2 Å². The Morgan fingerprint density at radius 3 is 2.96 bits per heavy atom. The molecule has 2 aromatic heterocycles. The molecular weight excluding hydrogens is 360 g/mol. The predicted molar refractivity (Wildman–Crippen MR) is 106 cm³/mol. The van der Waals surface area contributed by atoms with Crippen LogP contribution in [-0.2, 0) is 22.4 Å². The normalized spacial score (nSPS) is 12.7. The van der Waals surface area contributed by atoms with Gasteiger partial charge in [-0.15, -0.1) is 11.3 Å². The minimum absolute atomic E-state index is 0.0403. The average molecular weight is 378 g/mol. The molecule has 4 rings (SSSR count). The van der Waals surface area contributed by atoms with Crippen molar-refractivity contribution in [2.24, 2.45) is 0 Å². The topological polar surface area (TPSA) is 75.2 Å². The van der Waals surface area contributed by atoms with Gasteiger partial charge in [-0.2, -0.15) is 0 Å². The van der Waals surface area contributed by atoms with Crippen molar-refractivity contribution in [3.8, 4) is 10.6 Å². The zero-order valence-corrected chi connectivity index (χ0v) is 15.6. The molecule has 3 heterocycles. The van der Waals surface area contributed by atoms with Crippen molar-refractivity contribution in [3.05, 3.63) is 59.4 Å². The van der Waals surface area contributed by atoms with Gasteiger partial charge < -0.3 is 10.2 Å². The van der Waals surface area contributed by atoms with E-state index < -0.39 is 0 Å². The van der Waals surface area contributed by atoms with Crippen molar-refractivity contribution in [2.45, 2.75) is 19.8 Å². The third-order valence-corrected chi connectivity index (χ3v) is 5.38. The van der Waals surface area contributed by atoms with Crippen molar-refractivity contribution in [1.82, 2.24) is 9.97 Å². The van der Waals surface area contributed by atoms with Crippen LogP contribution in [0.4, 0.5) is 11.4 Å². The Bertz CT molecular complexity index is 1000. The van der Waals surface area contributed by atoms with E-state index in [2.05, 4.69) is 15.3 Å². The first-order valence-electron chi connectivity index (χ1n) is 8.66. The minimum atomic E-state index is -0.112. The van der Waals surface area contributed by atoms with Crippen LogP contribution in [0.25, 0.3) is 10.6 Å². The molecule has 3 aromatic rings. The first kappa shape index (κ1) is 17.4. The number of benzene rings is 1. The summed E-state index contributed by atoms with van der Waals surface area (Å²) in [7, 11) is 0. The molecular formula is C20H18N4O2S. The van der Waals surface area contributed by atoms with Crippen molar-refractivity contribution < 1.29 is 9.59 Å². The number of nitrogens with one attached hydrogen (secondary N) is 1. The van der Waals surface area contributed by atoms with Gasteiger partial charge in [0.2, 0.25) is 11.8 Å². The van der Waals surface area contributed by atoms with Gasteiger partial charge in [-0.25, -0.2) is 4.98 Å². The zero-order chi connectivity index (χ0) is 18.8. The standard InChI is InChI=1S/C20H18N4O2S/c1-13(25)24-8-6-14-9-16(4-5-18(14)24)22-19(26)10-17-12-27-20(23-17)15-3-2-7-21-11-15/h2-5,7,9,11-12H,6,8,10H2,1H3,(H,22,26). The van der Waals surface area contributed by atoms with E-state index in [9.17, 15) is 9.59 Å². The molecule has 0 atom stereocenters. The number of thiazole rings is 1. The summed E-state index contributed by atoms with van der Waals surface area (Å²) < 4.78 is 0. The van der Waals surface area contributed by atoms with Gasteiger partial charge in [0, 0.05) is 48.2 Å². The highest BCUT2D eigenvalue weighted by atomic mass is 32.1. The van der Waals surface area contributed by atoms with Crippen LogP contribution in [0.2, 0.25) is 0 Å². The molecule has 1 aliphatic rings. The molecule has 27 heavy (non-hydrogen) atoms. The van der Waals surface area contributed by atoms with E-state index in [0.717, 1.165) is 39.6 Å². The van der Waals surface area contributed by atoms with Gasteiger partial charge in [-0.1, -0.05) is 0 Å². The van der Waals surface area contributed by atoms with Crippen LogP contribution in [0.5, 0.6) is 0 Å². The molecule has 6 nitrogen and oxygen atoms in total. The molecule has 0 saturated carbocycles. The van der Waals surface area contributed by atoms with Gasteiger partial charge in [0.15, 0.2) is 0 Å². The van der Waals surface area contributed by atoms with Crippen LogP contribution in [0.1, 0.15) is 18.2 Å². The number of carbonyl (C=O) groups excluding carboxylic acids is 2. The molecule has 0 aliphatic carbocycles. The van der Waals surface area contributed by atoms with Crippen molar-refractivity contribution in [1.29, 1.82) is 0 Å². The molecule has 0 unspecified atom stereocenters.